The van der Waals surface area contributed by atoms with Crippen molar-refractivity contribution < 1.29 is 18.3 Å². The molecule has 1 amide bonds. The number of likely N-dealkylation sites (tertiary alicyclic amines) is 1. The van der Waals surface area contributed by atoms with Crippen LogP contribution in [0.4, 0.5) is 5.13 Å². The highest BCUT2D eigenvalue weighted by atomic mass is 32.2. The van der Waals surface area contributed by atoms with Crippen LogP contribution in [0, 0.1) is 5.92 Å². The van der Waals surface area contributed by atoms with E-state index in [0.717, 1.165) is 30.4 Å². The van der Waals surface area contributed by atoms with E-state index in [1.807, 2.05) is 0 Å². The molecule has 0 unspecified atom stereocenters. The maximum Gasteiger partial charge on any atom is 0.231 e. The predicted octanol–water partition coefficient (Wildman–Crippen LogP) is 0.288. The van der Waals surface area contributed by atoms with Crippen LogP contribution in [0.2, 0.25) is 0 Å². The average molecular weight is 333 g/mol. The van der Waals surface area contributed by atoms with E-state index in [0.29, 0.717) is 24.7 Å². The highest BCUT2D eigenvalue weighted by Gasteiger charge is 2.22. The quantitative estimate of drug-likeness (QED) is 0.807. The van der Waals surface area contributed by atoms with Crippen LogP contribution >= 0.6 is 11.3 Å². The second-order valence-corrected chi connectivity index (χ2v) is 7.81. The van der Waals surface area contributed by atoms with Gasteiger partial charge in [-0.15, -0.1) is 11.3 Å². The molecule has 1 aliphatic rings. The standard InChI is InChI=1S/C12H19N3O4S2/c1-21(18,19)14-12-13-10(8-20-12)6-11(17)15-4-2-9(7-16)3-5-15/h8-9,16H,2-7H2,1H3,(H,13,14). The molecule has 0 radical (unpaired) electrons. The molecule has 0 spiro atoms. The maximum atomic E-state index is 12.1. The monoisotopic (exact) mass is 333 g/mol. The van der Waals surface area contributed by atoms with Gasteiger partial charge >= 0.3 is 0 Å². The molecule has 9 heteroatoms. The fourth-order valence-electron chi connectivity index (χ4n) is 2.23. The molecule has 0 atom stereocenters. The first kappa shape index (κ1) is 16.2. The van der Waals surface area contributed by atoms with E-state index < -0.39 is 10.0 Å². The zero-order chi connectivity index (χ0) is 15.5. The van der Waals surface area contributed by atoms with Crippen molar-refractivity contribution in [3.63, 3.8) is 0 Å². The van der Waals surface area contributed by atoms with Crippen LogP contribution in [0.15, 0.2) is 5.38 Å². The number of rotatable bonds is 5. The van der Waals surface area contributed by atoms with Gasteiger partial charge in [0.25, 0.3) is 0 Å². The maximum absolute atomic E-state index is 12.1. The molecule has 0 aliphatic carbocycles. The summed E-state index contributed by atoms with van der Waals surface area (Å²) in [7, 11) is -3.34. The molecule has 2 N–H and O–H groups in total. The lowest BCUT2D eigenvalue weighted by atomic mass is 9.97. The van der Waals surface area contributed by atoms with E-state index in [9.17, 15) is 13.2 Å². The van der Waals surface area contributed by atoms with Crippen LogP contribution in [0.25, 0.3) is 0 Å². The smallest absolute Gasteiger partial charge is 0.231 e. The van der Waals surface area contributed by atoms with Crippen LogP contribution in [-0.4, -0.2) is 55.3 Å². The fraction of sp³-hybridized carbons (Fsp3) is 0.667. The number of aromatic nitrogens is 1. The van der Waals surface area contributed by atoms with Crippen molar-refractivity contribution in [3.05, 3.63) is 11.1 Å². The first-order valence-electron chi connectivity index (χ1n) is 6.68. The number of nitrogens with zero attached hydrogens (tertiary/aromatic N) is 2. The van der Waals surface area contributed by atoms with E-state index in [1.165, 1.54) is 0 Å². The summed E-state index contributed by atoms with van der Waals surface area (Å²) in [4.78, 5) is 18.0. The summed E-state index contributed by atoms with van der Waals surface area (Å²) in [5.74, 6) is 0.279. The fourth-order valence-corrected chi connectivity index (χ4v) is 3.79. The summed E-state index contributed by atoms with van der Waals surface area (Å²) in [6, 6.07) is 0. The molecule has 1 aromatic rings. The van der Waals surface area contributed by atoms with E-state index in [2.05, 4.69) is 9.71 Å². The van der Waals surface area contributed by atoms with Gasteiger partial charge in [0.1, 0.15) is 0 Å². The second-order valence-electron chi connectivity index (χ2n) is 5.20. The van der Waals surface area contributed by atoms with Gasteiger partial charge < -0.3 is 10.0 Å². The second kappa shape index (κ2) is 6.71. The third-order valence-electron chi connectivity index (χ3n) is 3.38. The molecule has 2 heterocycles. The predicted molar refractivity (Wildman–Crippen MR) is 80.7 cm³/mol. The topological polar surface area (TPSA) is 99.6 Å². The Hall–Kier alpha value is -1.19. The van der Waals surface area contributed by atoms with Crippen LogP contribution in [0.1, 0.15) is 18.5 Å². The van der Waals surface area contributed by atoms with Gasteiger partial charge in [-0.05, 0) is 18.8 Å². The van der Waals surface area contributed by atoms with Crippen LogP contribution in [-0.2, 0) is 21.2 Å². The Bertz CT molecular complexity index is 591. The summed E-state index contributed by atoms with van der Waals surface area (Å²) < 4.78 is 24.5. The zero-order valence-electron chi connectivity index (χ0n) is 11.8. The van der Waals surface area contributed by atoms with Crippen molar-refractivity contribution in [2.75, 3.05) is 30.7 Å². The number of piperidine rings is 1. The van der Waals surface area contributed by atoms with Gasteiger partial charge in [0.2, 0.25) is 15.9 Å². The summed E-state index contributed by atoms with van der Waals surface area (Å²) in [6.45, 7) is 1.49. The van der Waals surface area contributed by atoms with Crippen molar-refractivity contribution in [2.45, 2.75) is 19.3 Å². The van der Waals surface area contributed by atoms with Gasteiger partial charge in [0.15, 0.2) is 5.13 Å². The zero-order valence-corrected chi connectivity index (χ0v) is 13.4. The Morgan fingerprint density at radius 3 is 2.76 bits per heavy atom. The molecule has 1 aromatic heterocycles. The number of thiazole rings is 1. The number of aliphatic hydroxyl groups excluding tert-OH is 1. The lowest BCUT2D eigenvalue weighted by Gasteiger charge is -2.31. The molecule has 1 aliphatic heterocycles. The van der Waals surface area contributed by atoms with Gasteiger partial charge in [-0.25, -0.2) is 13.4 Å². The summed E-state index contributed by atoms with van der Waals surface area (Å²) >= 11 is 1.16. The number of hydrogen-bond acceptors (Lipinski definition) is 6. The number of carbonyl (C=O) groups is 1. The van der Waals surface area contributed by atoms with E-state index in [4.69, 9.17) is 5.11 Å². The first-order chi connectivity index (χ1) is 9.87. The largest absolute Gasteiger partial charge is 0.396 e. The molecule has 0 saturated carbocycles. The summed E-state index contributed by atoms with van der Waals surface area (Å²) in [6.07, 6.45) is 2.87. The van der Waals surface area contributed by atoms with Gasteiger partial charge in [-0.3, -0.25) is 9.52 Å². The van der Waals surface area contributed by atoms with Gasteiger partial charge in [0.05, 0.1) is 18.4 Å². The van der Waals surface area contributed by atoms with Crippen molar-refractivity contribution in [1.29, 1.82) is 0 Å². The number of hydrogen-bond donors (Lipinski definition) is 2. The minimum absolute atomic E-state index is 0.0115. The molecule has 118 valence electrons. The molecule has 7 nitrogen and oxygen atoms in total. The van der Waals surface area contributed by atoms with Crippen LogP contribution in [0.3, 0.4) is 0 Å². The molecule has 0 bridgehead atoms. The van der Waals surface area contributed by atoms with Gasteiger partial charge in [-0.1, -0.05) is 0 Å². The number of amides is 1. The van der Waals surface area contributed by atoms with E-state index in [1.54, 1.807) is 10.3 Å². The third kappa shape index (κ3) is 4.94. The minimum Gasteiger partial charge on any atom is -0.396 e. The molecular weight excluding hydrogens is 314 g/mol. The molecule has 1 saturated heterocycles. The Morgan fingerprint density at radius 1 is 1.52 bits per heavy atom. The number of carbonyl (C=O) groups excluding carboxylic acids is 1. The van der Waals surface area contributed by atoms with Crippen LogP contribution < -0.4 is 4.72 Å². The SMILES string of the molecule is CS(=O)(=O)Nc1nc(CC(=O)N2CCC(CO)CC2)cs1. The first-order valence-corrected chi connectivity index (χ1v) is 9.45. The lowest BCUT2D eigenvalue weighted by Crippen LogP contribution is -2.40. The molecule has 1 fully saturated rings. The number of nitrogens with one attached hydrogen (secondary N) is 1. The molecule has 0 aromatic carbocycles. The van der Waals surface area contributed by atoms with E-state index in [-0.39, 0.29) is 24.1 Å². The van der Waals surface area contributed by atoms with Gasteiger partial charge in [0, 0.05) is 25.1 Å². The summed E-state index contributed by atoms with van der Waals surface area (Å²) in [5.41, 5.74) is 0.570. The van der Waals surface area contributed by atoms with Crippen molar-refractivity contribution in [2.24, 2.45) is 5.92 Å². The Morgan fingerprint density at radius 2 is 2.19 bits per heavy atom. The summed E-state index contributed by atoms with van der Waals surface area (Å²) in [5, 5.41) is 11.0. The highest BCUT2D eigenvalue weighted by Crippen LogP contribution is 2.20. The lowest BCUT2D eigenvalue weighted by molar-refractivity contribution is -0.132. The minimum atomic E-state index is -3.34. The Labute approximate surface area is 128 Å². The number of aliphatic hydroxyl groups is 1. The van der Waals surface area contributed by atoms with Crippen LogP contribution in [0.5, 0.6) is 0 Å². The average Bonchev–Trinajstić information content (AvgIpc) is 2.83. The number of sulfonamides is 1. The Kier molecular flexibility index (Phi) is 5.17. The van der Waals surface area contributed by atoms with Gasteiger partial charge in [-0.2, -0.15) is 0 Å². The van der Waals surface area contributed by atoms with Crippen molar-refractivity contribution in [3.8, 4) is 0 Å². The Balaban J connectivity index is 1.88. The highest BCUT2D eigenvalue weighted by molar-refractivity contribution is 7.92. The molecular formula is C12H19N3O4S2. The van der Waals surface area contributed by atoms with Crippen molar-refractivity contribution in [1.82, 2.24) is 9.88 Å². The third-order valence-corrected chi connectivity index (χ3v) is 4.88. The number of anilines is 1. The normalized spacial score (nSPS) is 17.0. The van der Waals surface area contributed by atoms with Crippen molar-refractivity contribution >= 4 is 32.4 Å². The molecule has 2 rings (SSSR count). The molecule has 21 heavy (non-hydrogen) atoms. The van der Waals surface area contributed by atoms with E-state index >= 15 is 0 Å².